The van der Waals surface area contributed by atoms with Gasteiger partial charge < -0.3 is 10.1 Å². The molecule has 1 amide bonds. The quantitative estimate of drug-likeness (QED) is 0.562. The zero-order chi connectivity index (χ0) is 11.7. The molecule has 0 saturated heterocycles. The first kappa shape index (κ1) is 10.4. The van der Waals surface area contributed by atoms with Gasteiger partial charge in [0.2, 0.25) is 5.91 Å². The van der Waals surface area contributed by atoms with Crippen molar-refractivity contribution in [3.63, 3.8) is 0 Å². The number of rotatable bonds is 1. The van der Waals surface area contributed by atoms with Gasteiger partial charge in [0.1, 0.15) is 0 Å². The van der Waals surface area contributed by atoms with Crippen LogP contribution < -0.4 is 5.32 Å². The summed E-state index contributed by atoms with van der Waals surface area (Å²) in [6, 6.07) is 4.79. The Balaban J connectivity index is 2.38. The van der Waals surface area contributed by atoms with Crippen LogP contribution in [0.4, 0.5) is 5.69 Å². The molecule has 0 bridgehead atoms. The number of amides is 1. The summed E-state index contributed by atoms with van der Waals surface area (Å²) in [6.45, 7) is 1.38. The van der Waals surface area contributed by atoms with Crippen molar-refractivity contribution in [3.05, 3.63) is 29.3 Å². The zero-order valence-electron chi connectivity index (χ0n) is 8.57. The standard InChI is InChI=1S/C11H9NO4/c1-6(13)12-8-3-2-7-4-10(14)16-11(15)9(7)5-8/h2-3,5H,4H2,1H3,(H,12,13). The molecule has 1 N–H and O–H groups in total. The minimum absolute atomic E-state index is 0.0847. The molecule has 1 aromatic rings. The third-order valence-electron chi connectivity index (χ3n) is 2.19. The molecule has 1 aliphatic rings. The van der Waals surface area contributed by atoms with Gasteiger partial charge in [-0.2, -0.15) is 0 Å². The van der Waals surface area contributed by atoms with E-state index in [4.69, 9.17) is 0 Å². The maximum atomic E-state index is 11.4. The van der Waals surface area contributed by atoms with E-state index in [1.807, 2.05) is 0 Å². The highest BCUT2D eigenvalue weighted by atomic mass is 16.6. The van der Waals surface area contributed by atoms with Gasteiger partial charge in [0.05, 0.1) is 12.0 Å². The first-order valence-corrected chi connectivity index (χ1v) is 4.72. The van der Waals surface area contributed by atoms with Gasteiger partial charge in [-0.05, 0) is 17.7 Å². The van der Waals surface area contributed by atoms with Gasteiger partial charge in [-0.25, -0.2) is 4.79 Å². The van der Waals surface area contributed by atoms with E-state index in [-0.39, 0.29) is 12.3 Å². The highest BCUT2D eigenvalue weighted by molar-refractivity contribution is 6.03. The Morgan fingerprint density at radius 2 is 2.12 bits per heavy atom. The fourth-order valence-corrected chi connectivity index (χ4v) is 1.55. The van der Waals surface area contributed by atoms with Gasteiger partial charge in [0.25, 0.3) is 0 Å². The highest BCUT2D eigenvalue weighted by Crippen LogP contribution is 2.21. The van der Waals surface area contributed by atoms with E-state index in [0.717, 1.165) is 0 Å². The van der Waals surface area contributed by atoms with Gasteiger partial charge in [-0.15, -0.1) is 0 Å². The number of esters is 2. The summed E-state index contributed by atoms with van der Waals surface area (Å²) >= 11 is 0. The summed E-state index contributed by atoms with van der Waals surface area (Å²) in [6.07, 6.45) is 0.0847. The fourth-order valence-electron chi connectivity index (χ4n) is 1.55. The smallest absolute Gasteiger partial charge is 0.346 e. The summed E-state index contributed by atoms with van der Waals surface area (Å²) in [4.78, 5) is 33.2. The summed E-state index contributed by atoms with van der Waals surface area (Å²) in [5.74, 6) is -1.44. The molecule has 1 aromatic carbocycles. The molecule has 1 heterocycles. The summed E-state index contributed by atoms with van der Waals surface area (Å²) < 4.78 is 4.48. The topological polar surface area (TPSA) is 72.5 Å². The van der Waals surface area contributed by atoms with Crippen LogP contribution in [0.5, 0.6) is 0 Å². The number of ether oxygens (including phenoxy) is 1. The number of carbonyl (C=O) groups is 3. The maximum Gasteiger partial charge on any atom is 0.346 e. The molecule has 5 heteroatoms. The normalized spacial score (nSPS) is 14.1. The van der Waals surface area contributed by atoms with Gasteiger partial charge in [-0.1, -0.05) is 6.07 Å². The second-order valence-corrected chi connectivity index (χ2v) is 3.49. The first-order chi connectivity index (χ1) is 7.56. The molecule has 16 heavy (non-hydrogen) atoms. The van der Waals surface area contributed by atoms with E-state index in [1.165, 1.54) is 13.0 Å². The molecule has 0 saturated carbocycles. The minimum Gasteiger partial charge on any atom is -0.389 e. The number of nitrogens with one attached hydrogen (secondary N) is 1. The number of carbonyl (C=O) groups excluding carboxylic acids is 3. The molecule has 82 valence electrons. The predicted octanol–water partition coefficient (Wildman–Crippen LogP) is 0.884. The maximum absolute atomic E-state index is 11.4. The summed E-state index contributed by atoms with van der Waals surface area (Å²) in [5.41, 5.74) is 1.46. The van der Waals surface area contributed by atoms with Crippen LogP contribution in [0.1, 0.15) is 22.8 Å². The average molecular weight is 219 g/mol. The zero-order valence-corrected chi connectivity index (χ0v) is 8.57. The van der Waals surface area contributed by atoms with Crippen LogP contribution in [0.2, 0.25) is 0 Å². The molecule has 0 atom stereocenters. The Morgan fingerprint density at radius 3 is 2.81 bits per heavy atom. The number of hydrogen-bond acceptors (Lipinski definition) is 4. The van der Waals surface area contributed by atoms with E-state index >= 15 is 0 Å². The molecule has 0 radical (unpaired) electrons. The van der Waals surface area contributed by atoms with Crippen LogP contribution >= 0.6 is 0 Å². The minimum atomic E-state index is -0.668. The molecule has 1 aliphatic heterocycles. The van der Waals surface area contributed by atoms with E-state index in [9.17, 15) is 14.4 Å². The number of cyclic esters (lactones) is 2. The van der Waals surface area contributed by atoms with Crippen molar-refractivity contribution in [2.75, 3.05) is 5.32 Å². The van der Waals surface area contributed by atoms with Crippen LogP contribution in [-0.4, -0.2) is 17.8 Å². The molecule has 5 nitrogen and oxygen atoms in total. The van der Waals surface area contributed by atoms with E-state index < -0.39 is 11.9 Å². The van der Waals surface area contributed by atoms with Crippen LogP contribution in [0.15, 0.2) is 18.2 Å². The predicted molar refractivity (Wildman–Crippen MR) is 54.9 cm³/mol. The summed E-state index contributed by atoms with van der Waals surface area (Å²) in [5, 5.41) is 2.56. The Bertz CT molecular complexity index is 493. The Kier molecular flexibility index (Phi) is 2.44. The molecule has 0 unspecified atom stereocenters. The van der Waals surface area contributed by atoms with Crippen LogP contribution in [0.25, 0.3) is 0 Å². The fraction of sp³-hybridized carbons (Fsp3) is 0.182. The van der Waals surface area contributed by atoms with Crippen molar-refractivity contribution in [2.24, 2.45) is 0 Å². The van der Waals surface area contributed by atoms with Crippen LogP contribution in [0, 0.1) is 0 Å². The molecule has 0 fully saturated rings. The monoisotopic (exact) mass is 219 g/mol. The lowest BCUT2D eigenvalue weighted by molar-refractivity contribution is -0.137. The van der Waals surface area contributed by atoms with Crippen molar-refractivity contribution < 1.29 is 19.1 Å². The lowest BCUT2D eigenvalue weighted by Gasteiger charge is -2.14. The van der Waals surface area contributed by atoms with Crippen molar-refractivity contribution in [2.45, 2.75) is 13.3 Å². The number of fused-ring (bicyclic) bond motifs is 1. The third-order valence-corrected chi connectivity index (χ3v) is 2.19. The Hall–Kier alpha value is -2.17. The van der Waals surface area contributed by atoms with Crippen molar-refractivity contribution in [3.8, 4) is 0 Å². The lowest BCUT2D eigenvalue weighted by Crippen LogP contribution is -2.23. The molecular weight excluding hydrogens is 210 g/mol. The van der Waals surface area contributed by atoms with Gasteiger partial charge in [0, 0.05) is 12.6 Å². The number of benzene rings is 1. The third kappa shape index (κ3) is 1.93. The molecular formula is C11H9NO4. The van der Waals surface area contributed by atoms with E-state index in [1.54, 1.807) is 12.1 Å². The second kappa shape index (κ2) is 3.77. The van der Waals surface area contributed by atoms with Crippen molar-refractivity contribution >= 4 is 23.5 Å². The number of hydrogen-bond donors (Lipinski definition) is 1. The Labute approximate surface area is 91.4 Å². The van der Waals surface area contributed by atoms with Crippen molar-refractivity contribution in [1.29, 1.82) is 0 Å². The molecule has 0 spiro atoms. The van der Waals surface area contributed by atoms with Gasteiger partial charge in [0.15, 0.2) is 0 Å². The lowest BCUT2D eigenvalue weighted by atomic mass is 10.0. The second-order valence-electron chi connectivity index (χ2n) is 3.49. The average Bonchev–Trinajstić information content (AvgIpc) is 2.18. The Morgan fingerprint density at radius 1 is 1.38 bits per heavy atom. The highest BCUT2D eigenvalue weighted by Gasteiger charge is 2.24. The van der Waals surface area contributed by atoms with Gasteiger partial charge >= 0.3 is 11.9 Å². The number of anilines is 1. The SMILES string of the molecule is CC(=O)Nc1ccc2c(c1)C(=O)OC(=O)C2. The van der Waals surface area contributed by atoms with E-state index in [0.29, 0.717) is 16.8 Å². The molecule has 0 aromatic heterocycles. The molecule has 2 rings (SSSR count). The van der Waals surface area contributed by atoms with Crippen LogP contribution in [-0.2, 0) is 20.7 Å². The first-order valence-electron chi connectivity index (χ1n) is 4.72. The van der Waals surface area contributed by atoms with E-state index in [2.05, 4.69) is 10.1 Å². The van der Waals surface area contributed by atoms with Gasteiger partial charge in [-0.3, -0.25) is 9.59 Å². The molecule has 0 aliphatic carbocycles. The summed E-state index contributed by atoms with van der Waals surface area (Å²) in [7, 11) is 0. The van der Waals surface area contributed by atoms with Crippen LogP contribution in [0.3, 0.4) is 0 Å². The largest absolute Gasteiger partial charge is 0.389 e. The van der Waals surface area contributed by atoms with Crippen molar-refractivity contribution in [1.82, 2.24) is 0 Å².